The van der Waals surface area contributed by atoms with Crippen molar-refractivity contribution in [3.05, 3.63) is 40.7 Å². The lowest BCUT2D eigenvalue weighted by atomic mass is 10.2. The van der Waals surface area contributed by atoms with Gasteiger partial charge in [0.15, 0.2) is 0 Å². The summed E-state index contributed by atoms with van der Waals surface area (Å²) in [4.78, 5) is 12.3. The molecule has 2 rings (SSSR count). The minimum Gasteiger partial charge on any atom is -0.478 e. The molecule has 100 valence electrons. The molecule has 4 nitrogen and oxygen atoms in total. The standard InChI is InChI=1S/C13H13ClN2O2S/c1-3-10-11(13(17)18)12(14)16(15-10)8-5-4-6-9(7-8)19-2/h4-7H,3H2,1-2H3,(H,17,18). The second kappa shape index (κ2) is 5.67. The first-order chi connectivity index (χ1) is 9.08. The van der Waals surface area contributed by atoms with E-state index >= 15 is 0 Å². The number of halogens is 1. The van der Waals surface area contributed by atoms with Gasteiger partial charge in [-0.15, -0.1) is 11.8 Å². The average Bonchev–Trinajstić information content (AvgIpc) is 2.75. The molecule has 0 unspecified atom stereocenters. The number of benzene rings is 1. The van der Waals surface area contributed by atoms with Crippen LogP contribution < -0.4 is 0 Å². The number of hydrogen-bond acceptors (Lipinski definition) is 3. The van der Waals surface area contributed by atoms with Crippen LogP contribution in [0.3, 0.4) is 0 Å². The Kier molecular flexibility index (Phi) is 4.17. The molecule has 1 aromatic carbocycles. The molecule has 0 amide bonds. The Morgan fingerprint density at radius 1 is 1.53 bits per heavy atom. The minimum atomic E-state index is -1.05. The van der Waals surface area contributed by atoms with Crippen molar-refractivity contribution in [2.75, 3.05) is 6.26 Å². The SMILES string of the molecule is CCc1nn(-c2cccc(SC)c2)c(Cl)c1C(=O)O. The lowest BCUT2D eigenvalue weighted by Crippen LogP contribution is -2.00. The van der Waals surface area contributed by atoms with Crippen molar-refractivity contribution in [3.63, 3.8) is 0 Å². The number of hydrogen-bond donors (Lipinski definition) is 1. The first-order valence-corrected chi connectivity index (χ1v) is 7.33. The van der Waals surface area contributed by atoms with Crippen LogP contribution in [0, 0.1) is 0 Å². The van der Waals surface area contributed by atoms with Crippen molar-refractivity contribution in [2.24, 2.45) is 0 Å². The molecule has 1 N–H and O–H groups in total. The zero-order valence-electron chi connectivity index (χ0n) is 10.6. The van der Waals surface area contributed by atoms with Gasteiger partial charge in [0, 0.05) is 4.90 Å². The fourth-order valence-corrected chi connectivity index (χ4v) is 2.59. The summed E-state index contributed by atoms with van der Waals surface area (Å²) in [7, 11) is 0. The fraction of sp³-hybridized carbons (Fsp3) is 0.231. The summed E-state index contributed by atoms with van der Waals surface area (Å²) in [6.07, 6.45) is 2.50. The molecule has 2 aromatic rings. The van der Waals surface area contributed by atoms with E-state index in [0.29, 0.717) is 12.1 Å². The van der Waals surface area contributed by atoms with Crippen LogP contribution in [0.5, 0.6) is 0 Å². The third kappa shape index (κ3) is 2.62. The number of thioether (sulfide) groups is 1. The first-order valence-electron chi connectivity index (χ1n) is 5.73. The van der Waals surface area contributed by atoms with Gasteiger partial charge in [-0.1, -0.05) is 24.6 Å². The van der Waals surface area contributed by atoms with E-state index in [2.05, 4.69) is 5.10 Å². The first kappa shape index (κ1) is 14.0. The van der Waals surface area contributed by atoms with Crippen LogP contribution in [0.4, 0.5) is 0 Å². The topological polar surface area (TPSA) is 55.1 Å². The van der Waals surface area contributed by atoms with Crippen LogP contribution in [0.1, 0.15) is 23.0 Å². The Hall–Kier alpha value is -1.46. The summed E-state index contributed by atoms with van der Waals surface area (Å²) in [6.45, 7) is 1.85. The van der Waals surface area contributed by atoms with Gasteiger partial charge in [0.25, 0.3) is 0 Å². The second-order valence-corrected chi connectivity index (χ2v) is 5.12. The summed E-state index contributed by atoms with van der Waals surface area (Å²) < 4.78 is 1.48. The van der Waals surface area contributed by atoms with Gasteiger partial charge in [-0.3, -0.25) is 0 Å². The van der Waals surface area contributed by atoms with Gasteiger partial charge >= 0.3 is 5.97 Å². The molecule has 19 heavy (non-hydrogen) atoms. The van der Waals surface area contributed by atoms with E-state index in [0.717, 1.165) is 10.6 Å². The molecule has 0 saturated carbocycles. The summed E-state index contributed by atoms with van der Waals surface area (Å²) in [6, 6.07) is 7.65. The Morgan fingerprint density at radius 3 is 2.79 bits per heavy atom. The van der Waals surface area contributed by atoms with Crippen molar-refractivity contribution in [1.82, 2.24) is 9.78 Å². The van der Waals surface area contributed by atoms with Gasteiger partial charge in [0.05, 0.1) is 11.4 Å². The minimum absolute atomic E-state index is 0.0821. The predicted molar refractivity (Wildman–Crippen MR) is 76.7 cm³/mol. The monoisotopic (exact) mass is 296 g/mol. The lowest BCUT2D eigenvalue weighted by Gasteiger charge is -2.04. The van der Waals surface area contributed by atoms with Gasteiger partial charge in [-0.2, -0.15) is 5.10 Å². The Morgan fingerprint density at radius 2 is 2.26 bits per heavy atom. The summed E-state index contributed by atoms with van der Waals surface area (Å²) in [5.41, 5.74) is 1.34. The van der Waals surface area contributed by atoms with E-state index in [1.54, 1.807) is 11.8 Å². The maximum Gasteiger partial charge on any atom is 0.340 e. The van der Waals surface area contributed by atoms with Gasteiger partial charge in [0.2, 0.25) is 0 Å². The molecular weight excluding hydrogens is 284 g/mol. The molecule has 0 saturated heterocycles. The Bertz CT molecular complexity index is 625. The number of carboxylic acids is 1. The van der Waals surface area contributed by atoms with Crippen molar-refractivity contribution >= 4 is 29.3 Å². The number of aromatic carboxylic acids is 1. The Labute approximate surface area is 120 Å². The molecule has 0 radical (unpaired) electrons. The van der Waals surface area contributed by atoms with E-state index in [1.165, 1.54) is 4.68 Å². The maximum absolute atomic E-state index is 11.2. The maximum atomic E-state index is 11.2. The zero-order valence-corrected chi connectivity index (χ0v) is 12.1. The van der Waals surface area contributed by atoms with Crippen LogP contribution in [-0.4, -0.2) is 27.1 Å². The molecular formula is C13H13ClN2O2S. The van der Waals surface area contributed by atoms with E-state index in [9.17, 15) is 9.90 Å². The summed E-state index contributed by atoms with van der Waals surface area (Å²) >= 11 is 7.75. The van der Waals surface area contributed by atoms with E-state index in [4.69, 9.17) is 11.6 Å². The number of aryl methyl sites for hydroxylation is 1. The molecule has 0 aliphatic carbocycles. The highest BCUT2D eigenvalue weighted by molar-refractivity contribution is 7.98. The van der Waals surface area contributed by atoms with Gasteiger partial charge in [-0.05, 0) is 30.9 Å². The van der Waals surface area contributed by atoms with Crippen LogP contribution in [-0.2, 0) is 6.42 Å². The molecule has 0 fully saturated rings. The highest BCUT2D eigenvalue weighted by Gasteiger charge is 2.21. The number of carbonyl (C=O) groups is 1. The van der Waals surface area contributed by atoms with Crippen molar-refractivity contribution in [3.8, 4) is 5.69 Å². The van der Waals surface area contributed by atoms with Gasteiger partial charge in [-0.25, -0.2) is 9.48 Å². The van der Waals surface area contributed by atoms with E-state index in [1.807, 2.05) is 37.4 Å². The van der Waals surface area contributed by atoms with E-state index in [-0.39, 0.29) is 10.7 Å². The predicted octanol–water partition coefficient (Wildman–Crippen LogP) is 3.51. The molecule has 6 heteroatoms. The van der Waals surface area contributed by atoms with Crippen molar-refractivity contribution < 1.29 is 9.90 Å². The fourth-order valence-electron chi connectivity index (χ4n) is 1.81. The van der Waals surface area contributed by atoms with Crippen LogP contribution in [0.25, 0.3) is 5.69 Å². The smallest absolute Gasteiger partial charge is 0.340 e. The second-order valence-electron chi connectivity index (χ2n) is 3.88. The summed E-state index contributed by atoms with van der Waals surface area (Å²) in [5.74, 6) is -1.05. The van der Waals surface area contributed by atoms with Crippen LogP contribution in [0.15, 0.2) is 29.2 Å². The van der Waals surface area contributed by atoms with Gasteiger partial charge < -0.3 is 5.11 Å². The molecule has 1 aromatic heterocycles. The zero-order chi connectivity index (χ0) is 14.0. The third-order valence-corrected chi connectivity index (χ3v) is 3.82. The summed E-state index contributed by atoms with van der Waals surface area (Å²) in [5, 5.41) is 13.6. The van der Waals surface area contributed by atoms with Crippen molar-refractivity contribution in [2.45, 2.75) is 18.2 Å². The molecule has 0 spiro atoms. The molecule has 0 atom stereocenters. The molecule has 1 heterocycles. The normalized spacial score (nSPS) is 10.7. The molecule has 0 aliphatic heterocycles. The third-order valence-electron chi connectivity index (χ3n) is 2.75. The van der Waals surface area contributed by atoms with Crippen LogP contribution >= 0.6 is 23.4 Å². The number of rotatable bonds is 4. The number of carboxylic acid groups (broad SMARTS) is 1. The quantitative estimate of drug-likeness (QED) is 0.877. The Balaban J connectivity index is 2.59. The van der Waals surface area contributed by atoms with E-state index < -0.39 is 5.97 Å². The largest absolute Gasteiger partial charge is 0.478 e. The van der Waals surface area contributed by atoms with Crippen LogP contribution in [0.2, 0.25) is 5.15 Å². The number of nitrogens with zero attached hydrogens (tertiary/aromatic N) is 2. The molecule has 0 bridgehead atoms. The van der Waals surface area contributed by atoms with Gasteiger partial charge in [0.1, 0.15) is 10.7 Å². The van der Waals surface area contributed by atoms with Crippen molar-refractivity contribution in [1.29, 1.82) is 0 Å². The number of aromatic nitrogens is 2. The lowest BCUT2D eigenvalue weighted by molar-refractivity contribution is 0.0696. The molecule has 0 aliphatic rings. The average molecular weight is 297 g/mol. The highest BCUT2D eigenvalue weighted by Crippen LogP contribution is 2.26. The highest BCUT2D eigenvalue weighted by atomic mass is 35.5.